The highest BCUT2D eigenvalue weighted by Gasteiger charge is 2.20. The van der Waals surface area contributed by atoms with E-state index in [2.05, 4.69) is 5.43 Å². The van der Waals surface area contributed by atoms with Crippen LogP contribution in [0.5, 0.6) is 5.75 Å². The number of amides is 2. The van der Waals surface area contributed by atoms with Gasteiger partial charge in [0.05, 0.1) is 21.5 Å². The predicted octanol–water partition coefficient (Wildman–Crippen LogP) is 2.30. The molecule has 0 aliphatic rings. The minimum atomic E-state index is -0.970. The van der Waals surface area contributed by atoms with Crippen LogP contribution in [0.25, 0.3) is 0 Å². The van der Waals surface area contributed by atoms with Crippen LogP contribution in [0.15, 0.2) is 36.4 Å². The molecule has 0 saturated heterocycles. The van der Waals surface area contributed by atoms with Gasteiger partial charge in [0.15, 0.2) is 6.61 Å². The smallest absolute Gasteiger partial charge is 0.277 e. The summed E-state index contributed by atoms with van der Waals surface area (Å²) in [7, 11) is 0. The molecule has 0 saturated carbocycles. The van der Waals surface area contributed by atoms with Gasteiger partial charge in [-0.3, -0.25) is 40.7 Å². The third kappa shape index (κ3) is 5.38. The lowest BCUT2D eigenvalue weighted by molar-refractivity contribution is -0.394. The molecule has 0 aliphatic carbocycles. The van der Waals surface area contributed by atoms with Crippen molar-refractivity contribution in [3.8, 4) is 5.75 Å². The Hall–Kier alpha value is -3.73. The average Bonchev–Trinajstić information content (AvgIpc) is 2.64. The van der Waals surface area contributed by atoms with Gasteiger partial charge >= 0.3 is 0 Å². The number of nitro benzene ring substituents is 2. The second-order valence-electron chi connectivity index (χ2n) is 5.45. The molecule has 2 aromatic rings. The van der Waals surface area contributed by atoms with Gasteiger partial charge < -0.3 is 4.74 Å². The van der Waals surface area contributed by atoms with Crippen LogP contribution in [-0.2, 0) is 4.79 Å². The van der Waals surface area contributed by atoms with Crippen LogP contribution in [0.3, 0.4) is 0 Å². The van der Waals surface area contributed by atoms with Crippen molar-refractivity contribution in [2.24, 2.45) is 0 Å². The van der Waals surface area contributed by atoms with Crippen molar-refractivity contribution in [3.63, 3.8) is 0 Å². The van der Waals surface area contributed by atoms with Gasteiger partial charge in [0.2, 0.25) is 0 Å². The lowest BCUT2D eigenvalue weighted by Crippen LogP contribution is -2.43. The molecule has 146 valence electrons. The Bertz CT molecular complexity index is 932. The molecule has 0 heterocycles. The van der Waals surface area contributed by atoms with Crippen molar-refractivity contribution in [1.29, 1.82) is 0 Å². The number of nitro groups is 2. The summed E-state index contributed by atoms with van der Waals surface area (Å²) in [6, 6.07) is 7.22. The molecule has 0 spiro atoms. The lowest BCUT2D eigenvalue weighted by atomic mass is 10.1. The first-order valence-electron chi connectivity index (χ1n) is 7.59. The van der Waals surface area contributed by atoms with E-state index in [1.807, 2.05) is 5.43 Å². The van der Waals surface area contributed by atoms with Crippen molar-refractivity contribution in [2.75, 3.05) is 6.61 Å². The molecule has 12 heteroatoms. The number of nitrogens with one attached hydrogen (secondary N) is 2. The molecule has 2 amide bonds. The van der Waals surface area contributed by atoms with Crippen molar-refractivity contribution >= 4 is 34.8 Å². The third-order valence-electron chi connectivity index (χ3n) is 3.40. The Balaban J connectivity index is 1.98. The minimum absolute atomic E-state index is 0.365. The van der Waals surface area contributed by atoms with E-state index in [0.29, 0.717) is 16.3 Å². The molecule has 0 fully saturated rings. The quantitative estimate of drug-likeness (QED) is 0.549. The molecule has 0 aromatic heterocycles. The Kier molecular flexibility index (Phi) is 6.45. The maximum absolute atomic E-state index is 12.0. The van der Waals surface area contributed by atoms with Crippen LogP contribution in [0, 0.1) is 27.2 Å². The number of carbonyl (C=O) groups is 2. The Labute approximate surface area is 162 Å². The molecular weight excluding hydrogens is 396 g/mol. The molecule has 0 bridgehead atoms. The maximum atomic E-state index is 12.0. The number of benzene rings is 2. The number of halogens is 1. The van der Waals surface area contributed by atoms with Crippen molar-refractivity contribution in [1.82, 2.24) is 10.9 Å². The molecule has 0 aliphatic heterocycles. The molecule has 0 unspecified atom stereocenters. The normalized spacial score (nSPS) is 10.1. The van der Waals surface area contributed by atoms with Gasteiger partial charge in [-0.15, -0.1) is 0 Å². The number of nitrogens with zero attached hydrogens (tertiary/aromatic N) is 2. The highest BCUT2D eigenvalue weighted by Crippen LogP contribution is 2.23. The zero-order valence-corrected chi connectivity index (χ0v) is 15.1. The fraction of sp³-hybridized carbons (Fsp3) is 0.125. The number of rotatable bonds is 6. The van der Waals surface area contributed by atoms with Crippen molar-refractivity contribution < 1.29 is 24.2 Å². The van der Waals surface area contributed by atoms with Gasteiger partial charge in [-0.1, -0.05) is 11.6 Å². The van der Waals surface area contributed by atoms with Gasteiger partial charge in [0, 0.05) is 17.2 Å². The standard InChI is InChI=1S/C16H13ClN4O7/c1-9-4-11(17)2-3-14(9)28-8-15(22)18-19-16(23)10-5-12(20(24)25)7-13(6-10)21(26)27/h2-7H,8H2,1H3,(H,18,22)(H,19,23). The number of aryl methyl sites for hydroxylation is 1. The van der Waals surface area contributed by atoms with E-state index in [-0.39, 0.29) is 5.56 Å². The van der Waals surface area contributed by atoms with E-state index in [1.165, 1.54) is 0 Å². The predicted molar refractivity (Wildman–Crippen MR) is 97.0 cm³/mol. The third-order valence-corrected chi connectivity index (χ3v) is 3.63. The summed E-state index contributed by atoms with van der Waals surface area (Å²) in [6.45, 7) is 1.30. The topological polar surface area (TPSA) is 154 Å². The zero-order chi connectivity index (χ0) is 20.8. The van der Waals surface area contributed by atoms with Crippen molar-refractivity contribution in [3.05, 3.63) is 72.8 Å². The van der Waals surface area contributed by atoms with Crippen LogP contribution < -0.4 is 15.6 Å². The largest absolute Gasteiger partial charge is 0.483 e. The first kappa shape index (κ1) is 20.6. The fourth-order valence-electron chi connectivity index (χ4n) is 2.09. The highest BCUT2D eigenvalue weighted by molar-refractivity contribution is 6.30. The number of hydrazine groups is 1. The van der Waals surface area contributed by atoms with Crippen molar-refractivity contribution in [2.45, 2.75) is 6.92 Å². The van der Waals surface area contributed by atoms with Crippen LogP contribution in [0.4, 0.5) is 11.4 Å². The van der Waals surface area contributed by atoms with Gasteiger partial charge in [-0.2, -0.15) is 0 Å². The second kappa shape index (κ2) is 8.77. The van der Waals surface area contributed by atoms with Crippen LogP contribution in [0.1, 0.15) is 15.9 Å². The molecule has 0 atom stereocenters. The molecule has 2 rings (SSSR count). The molecule has 0 radical (unpaired) electrons. The van der Waals surface area contributed by atoms with Gasteiger partial charge in [0.1, 0.15) is 5.75 Å². The fourth-order valence-corrected chi connectivity index (χ4v) is 2.32. The van der Waals surface area contributed by atoms with E-state index in [0.717, 1.165) is 18.2 Å². The second-order valence-corrected chi connectivity index (χ2v) is 5.89. The number of hydrogen-bond acceptors (Lipinski definition) is 7. The van der Waals surface area contributed by atoms with Gasteiger partial charge in [-0.25, -0.2) is 0 Å². The summed E-state index contributed by atoms with van der Waals surface area (Å²) in [5, 5.41) is 22.2. The first-order valence-corrected chi connectivity index (χ1v) is 7.97. The number of ether oxygens (including phenoxy) is 1. The van der Waals surface area contributed by atoms with E-state index in [1.54, 1.807) is 25.1 Å². The summed E-state index contributed by atoms with van der Waals surface area (Å²) in [6.07, 6.45) is 0. The monoisotopic (exact) mass is 408 g/mol. The number of carbonyl (C=O) groups excluding carboxylic acids is 2. The van der Waals surface area contributed by atoms with Crippen LogP contribution in [-0.4, -0.2) is 28.3 Å². The average molecular weight is 409 g/mol. The lowest BCUT2D eigenvalue weighted by Gasteiger charge is -2.10. The summed E-state index contributed by atoms with van der Waals surface area (Å²) in [4.78, 5) is 43.8. The maximum Gasteiger partial charge on any atom is 0.277 e. The summed E-state index contributed by atoms with van der Waals surface area (Å²) < 4.78 is 5.29. The molecule has 11 nitrogen and oxygen atoms in total. The highest BCUT2D eigenvalue weighted by atomic mass is 35.5. The Morgan fingerprint density at radius 2 is 1.64 bits per heavy atom. The van der Waals surface area contributed by atoms with Gasteiger partial charge in [0.25, 0.3) is 23.2 Å². The Morgan fingerprint density at radius 3 is 2.18 bits per heavy atom. The number of hydrogen-bond donors (Lipinski definition) is 2. The van der Waals surface area contributed by atoms with Gasteiger partial charge in [-0.05, 0) is 30.7 Å². The minimum Gasteiger partial charge on any atom is -0.483 e. The first-order chi connectivity index (χ1) is 13.2. The molecule has 2 aromatic carbocycles. The molecule has 28 heavy (non-hydrogen) atoms. The summed E-state index contributed by atoms with van der Waals surface area (Å²) >= 11 is 5.82. The SMILES string of the molecule is Cc1cc(Cl)ccc1OCC(=O)NNC(=O)c1cc([N+](=O)[O-])cc([N+](=O)[O-])c1. The zero-order valence-electron chi connectivity index (χ0n) is 14.3. The molecular formula is C16H13ClN4O7. The van der Waals surface area contributed by atoms with E-state index >= 15 is 0 Å². The molecule has 2 N–H and O–H groups in total. The van der Waals surface area contributed by atoms with E-state index in [4.69, 9.17) is 16.3 Å². The number of non-ortho nitro benzene ring substituents is 2. The van der Waals surface area contributed by atoms with E-state index < -0.39 is 39.6 Å². The van der Waals surface area contributed by atoms with Crippen LogP contribution in [0.2, 0.25) is 5.02 Å². The van der Waals surface area contributed by atoms with Crippen LogP contribution >= 0.6 is 11.6 Å². The Morgan fingerprint density at radius 1 is 1.04 bits per heavy atom. The summed E-state index contributed by atoms with van der Waals surface area (Å²) in [5.41, 5.74) is 3.13. The summed E-state index contributed by atoms with van der Waals surface area (Å²) in [5.74, 6) is -1.27. The van der Waals surface area contributed by atoms with E-state index in [9.17, 15) is 29.8 Å².